The van der Waals surface area contributed by atoms with E-state index in [4.69, 9.17) is 0 Å². The summed E-state index contributed by atoms with van der Waals surface area (Å²) in [5.41, 5.74) is 1.76. The summed E-state index contributed by atoms with van der Waals surface area (Å²) in [6.45, 7) is 0.636. The molecule has 0 N–H and O–H groups in total. The van der Waals surface area contributed by atoms with Crippen molar-refractivity contribution in [1.82, 2.24) is 14.1 Å². The molecule has 2 aromatic carbocycles. The number of halogens is 2. The van der Waals surface area contributed by atoms with Crippen molar-refractivity contribution in [2.45, 2.75) is 18.0 Å². The Bertz CT molecular complexity index is 1000. The zero-order valence-electron chi connectivity index (χ0n) is 14.0. The molecule has 3 aromatic rings. The Hall–Kier alpha value is -2.58. The van der Waals surface area contributed by atoms with Crippen LogP contribution in [0.5, 0.6) is 0 Å². The van der Waals surface area contributed by atoms with Crippen molar-refractivity contribution < 1.29 is 17.2 Å². The molecule has 0 aliphatic carbocycles. The molecule has 0 aliphatic heterocycles. The molecule has 0 saturated heterocycles. The molecule has 3 rings (SSSR count). The van der Waals surface area contributed by atoms with E-state index in [2.05, 4.69) is 5.10 Å². The minimum Gasteiger partial charge on any atom is -0.268 e. The maximum absolute atomic E-state index is 13.3. The highest BCUT2D eigenvalue weighted by atomic mass is 32.2. The molecule has 0 unspecified atom stereocenters. The smallest absolute Gasteiger partial charge is 0.243 e. The van der Waals surface area contributed by atoms with Gasteiger partial charge in [0.2, 0.25) is 10.0 Å². The van der Waals surface area contributed by atoms with Crippen LogP contribution in [0.2, 0.25) is 0 Å². The topological polar surface area (TPSA) is 55.2 Å². The van der Waals surface area contributed by atoms with Crippen molar-refractivity contribution >= 4 is 10.0 Å². The van der Waals surface area contributed by atoms with Crippen LogP contribution in [0.15, 0.2) is 65.8 Å². The summed E-state index contributed by atoms with van der Waals surface area (Å²) in [6, 6.07) is 12.3. The summed E-state index contributed by atoms with van der Waals surface area (Å²) in [5, 5.41) is 4.23. The molecule has 1 aromatic heterocycles. The van der Waals surface area contributed by atoms with Crippen molar-refractivity contribution in [3.63, 3.8) is 0 Å². The van der Waals surface area contributed by atoms with E-state index in [1.165, 1.54) is 7.05 Å². The molecule has 8 heteroatoms. The monoisotopic (exact) mass is 377 g/mol. The molecule has 0 saturated carbocycles. The molecule has 0 aliphatic rings. The van der Waals surface area contributed by atoms with Gasteiger partial charge in [0, 0.05) is 25.4 Å². The Kier molecular flexibility index (Phi) is 5.15. The first-order valence-electron chi connectivity index (χ1n) is 7.83. The Balaban J connectivity index is 1.73. The predicted molar refractivity (Wildman–Crippen MR) is 92.8 cm³/mol. The van der Waals surface area contributed by atoms with Crippen LogP contribution in [0.1, 0.15) is 11.1 Å². The number of benzene rings is 2. The first-order valence-corrected chi connectivity index (χ1v) is 9.27. The van der Waals surface area contributed by atoms with E-state index in [0.717, 1.165) is 22.0 Å². The lowest BCUT2D eigenvalue weighted by Crippen LogP contribution is -2.26. The summed E-state index contributed by atoms with van der Waals surface area (Å²) < 4.78 is 54.2. The van der Waals surface area contributed by atoms with E-state index in [1.54, 1.807) is 17.1 Å². The number of nitrogens with zero attached hydrogens (tertiary/aromatic N) is 3. The Morgan fingerprint density at radius 3 is 2.46 bits per heavy atom. The van der Waals surface area contributed by atoms with E-state index in [1.807, 2.05) is 30.3 Å². The number of hydrogen-bond acceptors (Lipinski definition) is 3. The molecule has 1 heterocycles. The third kappa shape index (κ3) is 3.97. The van der Waals surface area contributed by atoms with Gasteiger partial charge in [0.25, 0.3) is 0 Å². The number of rotatable bonds is 6. The summed E-state index contributed by atoms with van der Waals surface area (Å²) in [7, 11) is -2.56. The molecule has 0 atom stereocenters. The van der Waals surface area contributed by atoms with E-state index in [9.17, 15) is 17.2 Å². The highest BCUT2D eigenvalue weighted by Crippen LogP contribution is 2.19. The largest absolute Gasteiger partial charge is 0.268 e. The molecule has 0 radical (unpaired) electrons. The fourth-order valence-electron chi connectivity index (χ4n) is 2.50. The van der Waals surface area contributed by atoms with Gasteiger partial charge < -0.3 is 0 Å². The average molecular weight is 377 g/mol. The SMILES string of the molecule is CN(Cc1cnn(Cc2ccccc2)c1)S(=O)(=O)c1ccc(F)c(F)c1. The predicted octanol–water partition coefficient (Wildman–Crippen LogP) is 3.03. The molecule has 0 bridgehead atoms. The van der Waals surface area contributed by atoms with Crippen molar-refractivity contribution in [3.05, 3.63) is 83.7 Å². The molecule has 0 spiro atoms. The standard InChI is InChI=1S/C18H17F2N3O2S/c1-22(26(24,25)16-7-8-17(19)18(20)9-16)11-15-10-21-23(13-15)12-14-5-3-2-4-6-14/h2-10,13H,11-12H2,1H3. The third-order valence-electron chi connectivity index (χ3n) is 3.88. The zero-order valence-corrected chi connectivity index (χ0v) is 14.8. The summed E-state index contributed by atoms with van der Waals surface area (Å²) >= 11 is 0. The Morgan fingerprint density at radius 2 is 1.77 bits per heavy atom. The molecule has 0 amide bonds. The van der Waals surface area contributed by atoms with Crippen LogP contribution in [-0.2, 0) is 23.1 Å². The first-order chi connectivity index (χ1) is 12.4. The number of aromatic nitrogens is 2. The van der Waals surface area contributed by atoms with Gasteiger partial charge in [0.15, 0.2) is 11.6 Å². The van der Waals surface area contributed by atoms with Gasteiger partial charge in [-0.2, -0.15) is 9.40 Å². The minimum absolute atomic E-state index is 0.0656. The van der Waals surface area contributed by atoms with Crippen LogP contribution in [0.25, 0.3) is 0 Å². The van der Waals surface area contributed by atoms with Gasteiger partial charge in [-0.15, -0.1) is 0 Å². The lowest BCUT2D eigenvalue weighted by molar-refractivity contribution is 0.463. The summed E-state index contributed by atoms with van der Waals surface area (Å²) in [6.07, 6.45) is 3.34. The van der Waals surface area contributed by atoms with E-state index >= 15 is 0 Å². The number of sulfonamides is 1. The maximum atomic E-state index is 13.3. The molecule has 0 fully saturated rings. The zero-order chi connectivity index (χ0) is 18.7. The van der Waals surface area contributed by atoms with Gasteiger partial charge in [-0.1, -0.05) is 30.3 Å². The van der Waals surface area contributed by atoms with Crippen LogP contribution in [0, 0.1) is 11.6 Å². The Labute approximate surface area is 150 Å². The second-order valence-electron chi connectivity index (χ2n) is 5.87. The quantitative estimate of drug-likeness (QED) is 0.664. The molecular weight excluding hydrogens is 360 g/mol. The molecular formula is C18H17F2N3O2S. The lowest BCUT2D eigenvalue weighted by atomic mass is 10.2. The molecule has 26 heavy (non-hydrogen) atoms. The summed E-state index contributed by atoms with van der Waals surface area (Å²) in [4.78, 5) is -0.296. The Morgan fingerprint density at radius 1 is 1.04 bits per heavy atom. The lowest BCUT2D eigenvalue weighted by Gasteiger charge is -2.16. The van der Waals surface area contributed by atoms with Crippen LogP contribution < -0.4 is 0 Å². The van der Waals surface area contributed by atoms with Gasteiger partial charge in [-0.3, -0.25) is 4.68 Å². The second-order valence-corrected chi connectivity index (χ2v) is 7.91. The van der Waals surface area contributed by atoms with Gasteiger partial charge in [-0.25, -0.2) is 17.2 Å². The highest BCUT2D eigenvalue weighted by molar-refractivity contribution is 7.89. The van der Waals surface area contributed by atoms with E-state index < -0.39 is 21.7 Å². The van der Waals surface area contributed by atoms with Crippen molar-refractivity contribution in [2.75, 3.05) is 7.05 Å². The van der Waals surface area contributed by atoms with E-state index in [-0.39, 0.29) is 11.4 Å². The van der Waals surface area contributed by atoms with E-state index in [0.29, 0.717) is 18.2 Å². The molecule has 5 nitrogen and oxygen atoms in total. The maximum Gasteiger partial charge on any atom is 0.243 e. The fraction of sp³-hybridized carbons (Fsp3) is 0.167. The van der Waals surface area contributed by atoms with Gasteiger partial charge >= 0.3 is 0 Å². The average Bonchev–Trinajstić information content (AvgIpc) is 3.05. The van der Waals surface area contributed by atoms with Crippen molar-refractivity contribution in [1.29, 1.82) is 0 Å². The fourth-order valence-corrected chi connectivity index (χ4v) is 3.68. The third-order valence-corrected chi connectivity index (χ3v) is 5.68. The summed E-state index contributed by atoms with van der Waals surface area (Å²) in [5.74, 6) is -2.29. The minimum atomic E-state index is -3.94. The van der Waals surface area contributed by atoms with Crippen LogP contribution in [0.3, 0.4) is 0 Å². The van der Waals surface area contributed by atoms with Crippen LogP contribution >= 0.6 is 0 Å². The van der Waals surface area contributed by atoms with Crippen molar-refractivity contribution in [2.24, 2.45) is 0 Å². The second kappa shape index (κ2) is 7.35. The first kappa shape index (κ1) is 18.2. The molecule has 136 valence electrons. The highest BCUT2D eigenvalue weighted by Gasteiger charge is 2.22. The van der Waals surface area contributed by atoms with Gasteiger partial charge in [0.05, 0.1) is 17.6 Å². The van der Waals surface area contributed by atoms with Gasteiger partial charge in [-0.05, 0) is 23.8 Å². The van der Waals surface area contributed by atoms with Crippen LogP contribution in [0.4, 0.5) is 8.78 Å². The van der Waals surface area contributed by atoms with Crippen molar-refractivity contribution in [3.8, 4) is 0 Å². The van der Waals surface area contributed by atoms with Crippen LogP contribution in [-0.4, -0.2) is 29.6 Å². The normalized spacial score (nSPS) is 11.8. The van der Waals surface area contributed by atoms with Gasteiger partial charge in [0.1, 0.15) is 0 Å². The number of hydrogen-bond donors (Lipinski definition) is 0.